The molecule has 5 aromatic carbocycles. The van der Waals surface area contributed by atoms with Crippen LogP contribution in [0.2, 0.25) is 0 Å². The molecule has 0 aliphatic carbocycles. The van der Waals surface area contributed by atoms with Crippen molar-refractivity contribution in [3.63, 3.8) is 0 Å². The van der Waals surface area contributed by atoms with Crippen LogP contribution in [0.15, 0.2) is 109 Å². The molecule has 0 saturated heterocycles. The topological polar surface area (TPSA) is 55.6 Å². The van der Waals surface area contributed by atoms with Crippen molar-refractivity contribution < 1.29 is 35.5 Å². The molecule has 0 radical (unpaired) electrons. The zero-order valence-corrected chi connectivity index (χ0v) is 28.6. The van der Waals surface area contributed by atoms with Crippen LogP contribution in [-0.4, -0.2) is 19.1 Å². The van der Waals surface area contributed by atoms with E-state index in [1.807, 2.05) is 59.2 Å². The molecule has 7 heteroatoms. The van der Waals surface area contributed by atoms with Gasteiger partial charge in [-0.25, -0.2) is 0 Å². The SMILES string of the molecule is CC1(C)c2cccc3c4cccc(O)c4c4nc(Oc5[c-]c(-n6[c-][n+](-c7ccccc7)c7ccccc76)ccc5)c(n4c23)C1(C)C.[Pt+2]. The van der Waals surface area contributed by atoms with Gasteiger partial charge in [-0.3, -0.25) is 8.97 Å². The largest absolute Gasteiger partial charge is 2.00 e. The average Bonchev–Trinajstić information content (AvgIpc) is 3.64. The fourth-order valence-electron chi connectivity index (χ4n) is 7.28. The van der Waals surface area contributed by atoms with E-state index in [1.165, 1.54) is 5.56 Å². The molecule has 8 aromatic rings. The van der Waals surface area contributed by atoms with Gasteiger partial charge in [0.05, 0.1) is 33.3 Å². The molecule has 4 heterocycles. The maximum atomic E-state index is 11.2. The molecular formula is C40H31N4O2Pt+. The summed E-state index contributed by atoms with van der Waals surface area (Å²) in [5, 5.41) is 13.9. The normalized spacial score (nSPS) is 14.6. The zero-order valence-electron chi connectivity index (χ0n) is 26.4. The van der Waals surface area contributed by atoms with Gasteiger partial charge in [0.25, 0.3) is 6.33 Å². The van der Waals surface area contributed by atoms with Crippen LogP contribution in [0, 0.1) is 12.4 Å². The minimum Gasteiger partial charge on any atom is -0.507 e. The molecule has 0 spiro atoms. The van der Waals surface area contributed by atoms with E-state index in [2.05, 4.69) is 97.6 Å². The number of rotatable bonds is 4. The predicted molar refractivity (Wildman–Crippen MR) is 180 cm³/mol. The summed E-state index contributed by atoms with van der Waals surface area (Å²) in [6, 6.07) is 40.0. The maximum absolute atomic E-state index is 11.2. The molecule has 0 saturated carbocycles. The van der Waals surface area contributed by atoms with Crippen LogP contribution < -0.4 is 9.30 Å². The van der Waals surface area contributed by atoms with Gasteiger partial charge in [-0.1, -0.05) is 100 Å². The van der Waals surface area contributed by atoms with Gasteiger partial charge in [0.2, 0.25) is 5.88 Å². The quantitative estimate of drug-likeness (QED) is 0.111. The number of aromatic hydroxyl groups is 1. The Hall–Kier alpha value is -4.93. The Morgan fingerprint density at radius 3 is 2.32 bits per heavy atom. The van der Waals surface area contributed by atoms with Gasteiger partial charge in [-0.2, -0.15) is 17.1 Å². The van der Waals surface area contributed by atoms with Crippen molar-refractivity contribution in [3.8, 4) is 28.8 Å². The Balaban J connectivity index is 0.00000324. The molecule has 6 nitrogen and oxygen atoms in total. The number of imidazole rings is 2. The molecular weight excluding hydrogens is 764 g/mol. The molecule has 1 N–H and O–H groups in total. The van der Waals surface area contributed by atoms with E-state index >= 15 is 0 Å². The van der Waals surface area contributed by atoms with Crippen molar-refractivity contribution in [3.05, 3.63) is 133 Å². The number of hydrogen-bond acceptors (Lipinski definition) is 3. The van der Waals surface area contributed by atoms with Crippen LogP contribution in [0.4, 0.5) is 0 Å². The molecule has 0 atom stereocenters. The number of fused-ring (bicyclic) bond motifs is 4. The van der Waals surface area contributed by atoms with Crippen LogP contribution in [0.3, 0.4) is 0 Å². The summed E-state index contributed by atoms with van der Waals surface area (Å²) in [4.78, 5) is 5.15. The van der Waals surface area contributed by atoms with Crippen molar-refractivity contribution in [2.45, 2.75) is 38.5 Å². The Morgan fingerprint density at radius 2 is 1.49 bits per heavy atom. The fourth-order valence-corrected chi connectivity index (χ4v) is 7.28. The Bertz CT molecular complexity index is 2530. The third-order valence-electron chi connectivity index (χ3n) is 10.3. The summed E-state index contributed by atoms with van der Waals surface area (Å²) < 4.78 is 13.0. The van der Waals surface area contributed by atoms with Crippen LogP contribution in [0.1, 0.15) is 39.0 Å². The molecule has 0 unspecified atom stereocenters. The number of phenolic OH excluding ortho intramolecular Hbond substituents is 1. The third kappa shape index (κ3) is 4.01. The number of nitrogens with zero attached hydrogens (tertiary/aromatic N) is 4. The first kappa shape index (κ1) is 29.5. The van der Waals surface area contributed by atoms with E-state index in [9.17, 15) is 5.11 Å². The minimum absolute atomic E-state index is 0. The molecule has 0 bridgehead atoms. The van der Waals surface area contributed by atoms with Gasteiger partial charge >= 0.3 is 21.1 Å². The molecule has 1 aliphatic heterocycles. The number of pyridine rings is 1. The van der Waals surface area contributed by atoms with Gasteiger partial charge in [0.1, 0.15) is 5.75 Å². The maximum Gasteiger partial charge on any atom is 2.00 e. The predicted octanol–water partition coefficient (Wildman–Crippen LogP) is 8.53. The Morgan fingerprint density at radius 1 is 0.766 bits per heavy atom. The molecule has 47 heavy (non-hydrogen) atoms. The first-order valence-electron chi connectivity index (χ1n) is 15.6. The van der Waals surface area contributed by atoms with Gasteiger partial charge in [0.15, 0.2) is 5.65 Å². The summed E-state index contributed by atoms with van der Waals surface area (Å²) >= 11 is 0. The average molecular weight is 795 g/mol. The summed E-state index contributed by atoms with van der Waals surface area (Å²) in [6.45, 7) is 9.09. The summed E-state index contributed by atoms with van der Waals surface area (Å²) in [6.07, 6.45) is 3.53. The number of hydrogen-bond donors (Lipinski definition) is 1. The van der Waals surface area contributed by atoms with Crippen LogP contribution in [0.5, 0.6) is 17.4 Å². The Kier molecular flexibility index (Phi) is 6.45. The number of aromatic nitrogens is 4. The van der Waals surface area contributed by atoms with Crippen LogP contribution in [0.25, 0.3) is 49.7 Å². The van der Waals surface area contributed by atoms with E-state index in [0.29, 0.717) is 17.3 Å². The van der Waals surface area contributed by atoms with Crippen molar-refractivity contribution in [1.29, 1.82) is 0 Å². The van der Waals surface area contributed by atoms with Gasteiger partial charge in [-0.15, -0.1) is 12.1 Å². The molecule has 9 rings (SSSR count). The second-order valence-electron chi connectivity index (χ2n) is 13.2. The van der Waals surface area contributed by atoms with E-state index in [-0.39, 0.29) is 37.6 Å². The van der Waals surface area contributed by atoms with E-state index in [0.717, 1.165) is 49.8 Å². The van der Waals surface area contributed by atoms with E-state index in [4.69, 9.17) is 9.72 Å². The van der Waals surface area contributed by atoms with Gasteiger partial charge in [-0.05, 0) is 34.8 Å². The Labute approximate surface area is 286 Å². The number of para-hydroxylation sites is 4. The molecule has 0 amide bonds. The van der Waals surface area contributed by atoms with Gasteiger partial charge < -0.3 is 14.4 Å². The van der Waals surface area contributed by atoms with Crippen molar-refractivity contribution in [2.75, 3.05) is 0 Å². The second kappa shape index (κ2) is 10.3. The van der Waals surface area contributed by atoms with Crippen molar-refractivity contribution >= 4 is 38.4 Å². The van der Waals surface area contributed by atoms with Crippen molar-refractivity contribution in [1.82, 2.24) is 14.0 Å². The van der Waals surface area contributed by atoms with Crippen molar-refractivity contribution in [2.24, 2.45) is 0 Å². The first-order chi connectivity index (χ1) is 22.3. The zero-order chi connectivity index (χ0) is 31.4. The third-order valence-corrected chi connectivity index (χ3v) is 10.3. The van der Waals surface area contributed by atoms with Crippen LogP contribution in [-0.2, 0) is 31.9 Å². The monoisotopic (exact) mass is 794 g/mol. The summed E-state index contributed by atoms with van der Waals surface area (Å²) in [5.41, 5.74) is 7.27. The molecule has 1 aliphatic rings. The van der Waals surface area contributed by atoms with Crippen LogP contribution >= 0.6 is 0 Å². The van der Waals surface area contributed by atoms with E-state index in [1.54, 1.807) is 6.07 Å². The second-order valence-corrected chi connectivity index (χ2v) is 13.2. The summed E-state index contributed by atoms with van der Waals surface area (Å²) in [7, 11) is 0. The standard InChI is InChI=1S/C40H31N4O2.Pt/c1-39(2)30-19-11-18-29-28-17-12-22-33(45)34(28)37-41-38(36(40(39,3)4)44(37)35(29)30)46-27-16-10-15-26(23-27)43-24-42(25-13-6-5-7-14-25)31-20-8-9-21-32(31)43;/h5-22,45H,1-4H3;/q-1;+2. The first-order valence-corrected chi connectivity index (χ1v) is 15.6. The fraction of sp³-hybridized carbons (Fsp3) is 0.150. The number of benzene rings is 5. The molecule has 232 valence electrons. The number of ether oxygens (including phenoxy) is 1. The van der Waals surface area contributed by atoms with E-state index < -0.39 is 0 Å². The minimum atomic E-state index is -0.371. The number of phenols is 1. The van der Waals surface area contributed by atoms with Gasteiger partial charge in [0, 0.05) is 22.0 Å². The molecule has 0 fully saturated rings. The molecule has 3 aromatic heterocycles. The smallest absolute Gasteiger partial charge is 0.507 e. The summed E-state index contributed by atoms with van der Waals surface area (Å²) in [5.74, 6) is 1.26.